The fourth-order valence-electron chi connectivity index (χ4n) is 2.57. The number of benzene rings is 1. The molecule has 1 amide bonds. The minimum absolute atomic E-state index is 0.0558. The van der Waals surface area contributed by atoms with Crippen molar-refractivity contribution in [2.75, 3.05) is 72.6 Å². The topological polar surface area (TPSA) is 165 Å². The average Bonchev–Trinajstić information content (AvgIpc) is 2.86. The fourth-order valence-corrected chi connectivity index (χ4v) is 3.58. The minimum atomic E-state index is -3.76. The van der Waals surface area contributed by atoms with Crippen molar-refractivity contribution in [3.8, 4) is 0 Å². The maximum absolute atomic E-state index is 12.1. The lowest BCUT2D eigenvalue weighted by molar-refractivity contribution is -0.384. The first-order chi connectivity index (χ1) is 17.4. The van der Waals surface area contributed by atoms with Gasteiger partial charge in [0.05, 0.1) is 56.1 Å². The van der Waals surface area contributed by atoms with E-state index in [9.17, 15) is 23.3 Å². The molecule has 0 saturated carbocycles. The van der Waals surface area contributed by atoms with Crippen molar-refractivity contribution in [3.05, 3.63) is 34.4 Å². The fraction of sp³-hybridized carbons (Fsp3) is 0.682. The van der Waals surface area contributed by atoms with Crippen molar-refractivity contribution < 1.29 is 41.8 Å². The molecular formula is C22H37N3O10S. The molecule has 0 heterocycles. The van der Waals surface area contributed by atoms with Crippen LogP contribution in [0.4, 0.5) is 10.5 Å². The lowest BCUT2D eigenvalue weighted by atomic mass is 10.3. The SMILES string of the molecule is CCCCOC(=O)NCCOCCCOCCOCCOCCNS(=O)(=O)c1ccc([N+](=O)[O-])cc1. The molecule has 1 aromatic rings. The Hall–Kier alpha value is -2.36. The number of sulfonamides is 1. The van der Waals surface area contributed by atoms with Gasteiger partial charge in [-0.1, -0.05) is 13.3 Å². The third-order valence-electron chi connectivity index (χ3n) is 4.46. The molecule has 14 heteroatoms. The molecule has 1 aromatic carbocycles. The van der Waals surface area contributed by atoms with Crippen LogP contribution in [-0.2, 0) is 33.7 Å². The molecule has 0 aliphatic heterocycles. The number of carbonyl (C=O) groups excluding carboxylic acids is 1. The van der Waals surface area contributed by atoms with Gasteiger partial charge < -0.3 is 29.0 Å². The molecule has 36 heavy (non-hydrogen) atoms. The monoisotopic (exact) mass is 535 g/mol. The molecular weight excluding hydrogens is 498 g/mol. The van der Waals surface area contributed by atoms with E-state index in [4.69, 9.17) is 23.7 Å². The number of non-ortho nitro benzene ring substituents is 1. The molecule has 0 saturated heterocycles. The van der Waals surface area contributed by atoms with E-state index in [1.165, 1.54) is 12.1 Å². The summed E-state index contributed by atoms with van der Waals surface area (Å²) in [5, 5.41) is 13.2. The number of nitrogens with one attached hydrogen (secondary N) is 2. The summed E-state index contributed by atoms with van der Waals surface area (Å²) in [5.74, 6) is 0. The number of unbranched alkanes of at least 4 members (excludes halogenated alkanes) is 1. The number of amides is 1. The summed E-state index contributed by atoms with van der Waals surface area (Å²) in [6.07, 6.45) is 2.12. The number of hydrogen-bond donors (Lipinski definition) is 2. The van der Waals surface area contributed by atoms with Gasteiger partial charge in [0.15, 0.2) is 0 Å². The van der Waals surface area contributed by atoms with Gasteiger partial charge in [-0.3, -0.25) is 10.1 Å². The number of rotatable bonds is 22. The molecule has 1 rings (SSSR count). The number of nitro groups is 1. The molecule has 0 aliphatic carbocycles. The van der Waals surface area contributed by atoms with Gasteiger partial charge in [0.25, 0.3) is 5.69 Å². The van der Waals surface area contributed by atoms with Crippen LogP contribution in [0.3, 0.4) is 0 Å². The van der Waals surface area contributed by atoms with Crippen molar-refractivity contribution in [2.45, 2.75) is 31.1 Å². The quantitative estimate of drug-likeness (QED) is 0.127. The van der Waals surface area contributed by atoms with Crippen LogP contribution >= 0.6 is 0 Å². The number of nitro benzene ring substituents is 1. The summed E-state index contributed by atoms with van der Waals surface area (Å²) in [5.41, 5.74) is -0.181. The van der Waals surface area contributed by atoms with Gasteiger partial charge in [0.2, 0.25) is 10.0 Å². The molecule has 0 aliphatic rings. The maximum Gasteiger partial charge on any atom is 0.407 e. The van der Waals surface area contributed by atoms with Crippen molar-refractivity contribution in [1.82, 2.24) is 10.0 Å². The van der Waals surface area contributed by atoms with Gasteiger partial charge in [-0.2, -0.15) is 0 Å². The van der Waals surface area contributed by atoms with E-state index in [0.717, 1.165) is 31.4 Å². The molecule has 0 spiro atoms. The minimum Gasteiger partial charge on any atom is -0.450 e. The van der Waals surface area contributed by atoms with Crippen LogP contribution in [0.5, 0.6) is 0 Å². The largest absolute Gasteiger partial charge is 0.450 e. The van der Waals surface area contributed by atoms with E-state index in [1.807, 2.05) is 6.92 Å². The molecule has 0 bridgehead atoms. The highest BCUT2D eigenvalue weighted by atomic mass is 32.2. The van der Waals surface area contributed by atoms with E-state index in [0.29, 0.717) is 59.4 Å². The lowest BCUT2D eigenvalue weighted by Gasteiger charge is -2.09. The van der Waals surface area contributed by atoms with Crippen LogP contribution in [0, 0.1) is 10.1 Å². The Bertz CT molecular complexity index is 837. The normalized spacial score (nSPS) is 11.4. The maximum atomic E-state index is 12.1. The molecule has 0 radical (unpaired) electrons. The summed E-state index contributed by atoms with van der Waals surface area (Å²) >= 11 is 0. The predicted octanol–water partition coefficient (Wildman–Crippen LogP) is 1.86. The Morgan fingerprint density at radius 1 is 0.833 bits per heavy atom. The number of alkyl carbamates (subject to hydrolysis) is 1. The van der Waals surface area contributed by atoms with Gasteiger partial charge in [0, 0.05) is 38.4 Å². The molecule has 0 unspecified atom stereocenters. The second kappa shape index (κ2) is 19.8. The Balaban J connectivity index is 1.87. The second-order valence-corrected chi connectivity index (χ2v) is 9.14. The van der Waals surface area contributed by atoms with Gasteiger partial charge in [-0.15, -0.1) is 0 Å². The van der Waals surface area contributed by atoms with Crippen LogP contribution < -0.4 is 10.0 Å². The van der Waals surface area contributed by atoms with Crippen LogP contribution in [0.25, 0.3) is 0 Å². The van der Waals surface area contributed by atoms with Crippen molar-refractivity contribution in [1.29, 1.82) is 0 Å². The van der Waals surface area contributed by atoms with E-state index in [1.54, 1.807) is 0 Å². The first kappa shape index (κ1) is 31.7. The zero-order chi connectivity index (χ0) is 26.5. The summed E-state index contributed by atoms with van der Waals surface area (Å²) in [6.45, 7) is 6.00. The average molecular weight is 536 g/mol. The third kappa shape index (κ3) is 15.6. The van der Waals surface area contributed by atoms with Gasteiger partial charge in [-0.25, -0.2) is 17.9 Å². The Morgan fingerprint density at radius 2 is 1.39 bits per heavy atom. The molecule has 0 aromatic heterocycles. The van der Waals surface area contributed by atoms with E-state index in [-0.39, 0.29) is 23.7 Å². The van der Waals surface area contributed by atoms with Crippen LogP contribution in [0.1, 0.15) is 26.2 Å². The highest BCUT2D eigenvalue weighted by molar-refractivity contribution is 7.89. The first-order valence-electron chi connectivity index (χ1n) is 11.8. The van der Waals surface area contributed by atoms with Crippen molar-refractivity contribution in [2.24, 2.45) is 0 Å². The zero-order valence-corrected chi connectivity index (χ0v) is 21.5. The summed E-state index contributed by atoms with van der Waals surface area (Å²) < 4.78 is 53.1. The Morgan fingerprint density at radius 3 is 2.00 bits per heavy atom. The number of carbonyl (C=O) groups is 1. The lowest BCUT2D eigenvalue weighted by Crippen LogP contribution is -2.28. The van der Waals surface area contributed by atoms with Crippen molar-refractivity contribution in [3.63, 3.8) is 0 Å². The highest BCUT2D eigenvalue weighted by Crippen LogP contribution is 2.15. The Labute approximate surface area is 212 Å². The zero-order valence-electron chi connectivity index (χ0n) is 20.6. The molecule has 13 nitrogen and oxygen atoms in total. The van der Waals surface area contributed by atoms with Crippen LogP contribution in [0.2, 0.25) is 0 Å². The molecule has 0 atom stereocenters. The predicted molar refractivity (Wildman–Crippen MR) is 130 cm³/mol. The molecule has 0 fully saturated rings. The summed E-state index contributed by atoms with van der Waals surface area (Å²) in [6, 6.07) is 4.63. The molecule has 2 N–H and O–H groups in total. The highest BCUT2D eigenvalue weighted by Gasteiger charge is 2.15. The van der Waals surface area contributed by atoms with Crippen molar-refractivity contribution >= 4 is 21.8 Å². The second-order valence-electron chi connectivity index (χ2n) is 7.37. The van der Waals surface area contributed by atoms with Crippen LogP contribution in [0.15, 0.2) is 29.2 Å². The van der Waals surface area contributed by atoms with Gasteiger partial charge in [0.1, 0.15) is 0 Å². The van der Waals surface area contributed by atoms with Crippen LogP contribution in [-0.4, -0.2) is 92.0 Å². The summed E-state index contributed by atoms with van der Waals surface area (Å²) in [4.78, 5) is 21.3. The van der Waals surface area contributed by atoms with Gasteiger partial charge >= 0.3 is 6.09 Å². The first-order valence-corrected chi connectivity index (χ1v) is 13.3. The van der Waals surface area contributed by atoms with E-state index >= 15 is 0 Å². The van der Waals surface area contributed by atoms with Gasteiger partial charge in [-0.05, 0) is 25.0 Å². The number of nitrogens with zero attached hydrogens (tertiary/aromatic N) is 1. The van der Waals surface area contributed by atoms with E-state index < -0.39 is 21.0 Å². The number of hydrogen-bond acceptors (Lipinski definition) is 10. The Kier molecular flexibility index (Phi) is 17.4. The molecule has 206 valence electrons. The third-order valence-corrected chi connectivity index (χ3v) is 5.94. The smallest absolute Gasteiger partial charge is 0.407 e. The summed E-state index contributed by atoms with van der Waals surface area (Å²) in [7, 11) is -3.76. The standard InChI is InChI=1S/C22H37N3O10S/c1-2-3-13-35-22(26)23-9-14-31-11-4-12-32-16-18-34-19-17-33-15-10-24-36(29,30)21-7-5-20(6-8-21)25(27)28/h5-8,24H,2-4,9-19H2,1H3,(H,23,26). The van der Waals surface area contributed by atoms with E-state index in [2.05, 4.69) is 10.0 Å². The number of ether oxygens (including phenoxy) is 5.